The highest BCUT2D eigenvalue weighted by Gasteiger charge is 2.23. The minimum absolute atomic E-state index is 0.0473. The van der Waals surface area contributed by atoms with Crippen LogP contribution in [0.15, 0.2) is 48.5 Å². The molecule has 0 heterocycles. The van der Waals surface area contributed by atoms with E-state index in [1.54, 1.807) is 0 Å². The fourth-order valence-electron chi connectivity index (χ4n) is 3.40. The van der Waals surface area contributed by atoms with Crippen LogP contribution in [-0.2, 0) is 34.0 Å². The summed E-state index contributed by atoms with van der Waals surface area (Å²) in [5.74, 6) is -0.238. The van der Waals surface area contributed by atoms with E-state index >= 15 is 0 Å². The minimum atomic E-state index is -0.717. The quantitative estimate of drug-likeness (QED) is 0.325. The Morgan fingerprint density at radius 1 is 0.694 bits per heavy atom. The molecule has 1 N–H and O–H groups in total. The summed E-state index contributed by atoms with van der Waals surface area (Å²) in [5.41, 5.74) is 1.78. The van der Waals surface area contributed by atoms with Gasteiger partial charge in [0.1, 0.15) is 31.3 Å². The fourth-order valence-corrected chi connectivity index (χ4v) is 3.40. The maximum Gasteiger partial charge on any atom is 0.303 e. The molecule has 0 bridgehead atoms. The van der Waals surface area contributed by atoms with Gasteiger partial charge in [-0.2, -0.15) is 0 Å². The molecular formula is C27H34O9. The third-order valence-electron chi connectivity index (χ3n) is 5.37. The predicted molar refractivity (Wildman–Crippen MR) is 131 cm³/mol. The summed E-state index contributed by atoms with van der Waals surface area (Å²) in [6, 6.07) is 15.1. The summed E-state index contributed by atoms with van der Waals surface area (Å²) in [6.07, 6.45) is -1.42. The zero-order chi connectivity index (χ0) is 26.7. The van der Waals surface area contributed by atoms with Crippen LogP contribution in [0.5, 0.6) is 11.5 Å². The van der Waals surface area contributed by atoms with E-state index in [-0.39, 0.29) is 31.8 Å². The molecule has 2 atom stereocenters. The van der Waals surface area contributed by atoms with Crippen molar-refractivity contribution in [1.29, 1.82) is 0 Å². The first kappa shape index (κ1) is 28.6. The number of hydrogen-bond donors (Lipinski definition) is 1. The average Bonchev–Trinajstić information content (AvgIpc) is 2.83. The number of rotatable bonds is 13. The van der Waals surface area contributed by atoms with Crippen LogP contribution in [0.25, 0.3) is 0 Å². The Labute approximate surface area is 211 Å². The van der Waals surface area contributed by atoms with E-state index in [1.165, 1.54) is 20.8 Å². The summed E-state index contributed by atoms with van der Waals surface area (Å²) in [7, 11) is 0. The monoisotopic (exact) mass is 502 g/mol. The highest BCUT2D eigenvalue weighted by molar-refractivity contribution is 5.67. The summed E-state index contributed by atoms with van der Waals surface area (Å²) in [6.45, 7) is 7.74. The molecule has 9 heteroatoms. The van der Waals surface area contributed by atoms with Crippen molar-refractivity contribution in [3.8, 4) is 11.5 Å². The zero-order valence-electron chi connectivity index (χ0n) is 21.3. The van der Waals surface area contributed by atoms with Gasteiger partial charge in [-0.1, -0.05) is 38.1 Å². The molecule has 0 fully saturated rings. The van der Waals surface area contributed by atoms with Gasteiger partial charge in [0.25, 0.3) is 0 Å². The molecule has 0 aliphatic carbocycles. The van der Waals surface area contributed by atoms with Crippen molar-refractivity contribution in [2.45, 2.75) is 52.2 Å². The smallest absolute Gasteiger partial charge is 0.303 e. The first-order chi connectivity index (χ1) is 17.0. The second-order valence-corrected chi connectivity index (χ2v) is 8.74. The molecule has 0 aliphatic heterocycles. The van der Waals surface area contributed by atoms with Crippen molar-refractivity contribution in [1.82, 2.24) is 0 Å². The van der Waals surface area contributed by atoms with Gasteiger partial charge in [-0.25, -0.2) is 0 Å². The first-order valence-electron chi connectivity index (χ1n) is 11.6. The van der Waals surface area contributed by atoms with Gasteiger partial charge < -0.3 is 28.8 Å². The second-order valence-electron chi connectivity index (χ2n) is 8.74. The van der Waals surface area contributed by atoms with Gasteiger partial charge in [0.2, 0.25) is 0 Å². The Kier molecular flexibility index (Phi) is 10.7. The average molecular weight is 503 g/mol. The molecule has 0 aliphatic rings. The SMILES string of the molecule is CC(=O)OCC(COc1ccc(C(C)(C)c2ccc(OCC(CO)OC(C)=O)cc2)cc1)OC(C)=O. The summed E-state index contributed by atoms with van der Waals surface area (Å²) >= 11 is 0. The van der Waals surface area contributed by atoms with E-state index < -0.39 is 30.1 Å². The van der Waals surface area contributed by atoms with Crippen LogP contribution >= 0.6 is 0 Å². The molecule has 9 nitrogen and oxygen atoms in total. The lowest BCUT2D eigenvalue weighted by atomic mass is 9.78. The Hall–Kier alpha value is -3.59. The third kappa shape index (κ3) is 9.22. The third-order valence-corrected chi connectivity index (χ3v) is 5.37. The van der Waals surface area contributed by atoms with Gasteiger partial charge in [-0.05, 0) is 35.4 Å². The van der Waals surface area contributed by atoms with E-state index in [4.69, 9.17) is 23.7 Å². The van der Waals surface area contributed by atoms with Crippen molar-refractivity contribution < 1.29 is 43.2 Å². The van der Waals surface area contributed by atoms with Gasteiger partial charge in [0.15, 0.2) is 12.2 Å². The number of aliphatic hydroxyl groups is 1. The van der Waals surface area contributed by atoms with Crippen LogP contribution in [0, 0.1) is 0 Å². The Morgan fingerprint density at radius 2 is 1.11 bits per heavy atom. The number of benzene rings is 2. The zero-order valence-corrected chi connectivity index (χ0v) is 21.3. The maximum absolute atomic E-state index is 11.3. The van der Waals surface area contributed by atoms with Crippen LogP contribution in [0.4, 0.5) is 0 Å². The molecule has 2 aromatic rings. The minimum Gasteiger partial charge on any atom is -0.490 e. The van der Waals surface area contributed by atoms with Crippen LogP contribution in [-0.4, -0.2) is 61.6 Å². The van der Waals surface area contributed by atoms with Crippen molar-refractivity contribution in [3.63, 3.8) is 0 Å². The van der Waals surface area contributed by atoms with Gasteiger partial charge in [0, 0.05) is 26.2 Å². The molecule has 2 aromatic carbocycles. The van der Waals surface area contributed by atoms with Gasteiger partial charge >= 0.3 is 17.9 Å². The van der Waals surface area contributed by atoms with Gasteiger partial charge in [-0.3, -0.25) is 14.4 Å². The molecule has 2 unspecified atom stereocenters. The summed E-state index contributed by atoms with van der Waals surface area (Å²) in [4.78, 5) is 33.4. The van der Waals surface area contributed by atoms with Crippen molar-refractivity contribution in [3.05, 3.63) is 59.7 Å². The van der Waals surface area contributed by atoms with Gasteiger partial charge in [-0.15, -0.1) is 0 Å². The van der Waals surface area contributed by atoms with E-state index in [0.29, 0.717) is 11.5 Å². The van der Waals surface area contributed by atoms with Crippen molar-refractivity contribution in [2.75, 3.05) is 26.4 Å². The molecule has 196 valence electrons. The number of esters is 3. The van der Waals surface area contributed by atoms with Crippen LogP contribution in [0.2, 0.25) is 0 Å². The molecule has 0 amide bonds. The Morgan fingerprint density at radius 3 is 1.50 bits per heavy atom. The second kappa shape index (κ2) is 13.5. The van der Waals surface area contributed by atoms with Gasteiger partial charge in [0.05, 0.1) is 6.61 Å². The lowest BCUT2D eigenvalue weighted by Crippen LogP contribution is -2.29. The number of hydrogen-bond acceptors (Lipinski definition) is 9. The Bertz CT molecular complexity index is 997. The maximum atomic E-state index is 11.3. The molecule has 0 saturated carbocycles. The molecule has 2 rings (SSSR count). The van der Waals surface area contributed by atoms with E-state index in [9.17, 15) is 19.5 Å². The number of ether oxygens (including phenoxy) is 5. The number of carbonyl (C=O) groups excluding carboxylic acids is 3. The highest BCUT2D eigenvalue weighted by Crippen LogP contribution is 2.33. The topological polar surface area (TPSA) is 118 Å². The Balaban J connectivity index is 1.99. The van der Waals surface area contributed by atoms with Crippen LogP contribution < -0.4 is 9.47 Å². The standard InChI is InChI=1S/C27H34O9/c1-18(29)32-16-26(36-20(3)31)17-34-24-12-8-22(9-13-24)27(4,5)21-6-10-23(11-7-21)33-15-25(14-28)35-19(2)30/h6-13,25-26,28H,14-17H2,1-5H3. The predicted octanol–water partition coefficient (Wildman–Crippen LogP) is 3.19. The molecule has 0 saturated heterocycles. The molecule has 0 radical (unpaired) electrons. The van der Waals surface area contributed by atoms with Crippen LogP contribution in [0.1, 0.15) is 45.7 Å². The van der Waals surface area contributed by atoms with E-state index in [1.807, 2.05) is 48.5 Å². The lowest BCUT2D eigenvalue weighted by Gasteiger charge is -2.27. The normalized spacial score (nSPS) is 12.7. The molecule has 36 heavy (non-hydrogen) atoms. The summed E-state index contributed by atoms with van der Waals surface area (Å²) < 4.78 is 26.4. The van der Waals surface area contributed by atoms with Crippen molar-refractivity contribution >= 4 is 17.9 Å². The molecule has 0 spiro atoms. The fraction of sp³-hybridized carbons (Fsp3) is 0.444. The highest BCUT2D eigenvalue weighted by atomic mass is 16.6. The van der Waals surface area contributed by atoms with Crippen molar-refractivity contribution in [2.24, 2.45) is 0 Å². The summed E-state index contributed by atoms with van der Waals surface area (Å²) in [5, 5.41) is 9.28. The van der Waals surface area contributed by atoms with E-state index in [0.717, 1.165) is 11.1 Å². The number of aliphatic hydroxyl groups excluding tert-OH is 1. The number of carbonyl (C=O) groups is 3. The molecular weight excluding hydrogens is 468 g/mol. The van der Waals surface area contributed by atoms with Crippen LogP contribution in [0.3, 0.4) is 0 Å². The largest absolute Gasteiger partial charge is 0.490 e. The molecule has 0 aromatic heterocycles. The first-order valence-corrected chi connectivity index (χ1v) is 11.6. The van der Waals surface area contributed by atoms with E-state index in [2.05, 4.69) is 13.8 Å². The lowest BCUT2D eigenvalue weighted by molar-refractivity contribution is -0.158.